The van der Waals surface area contributed by atoms with Crippen LogP contribution in [-0.2, 0) is 13.6 Å². The van der Waals surface area contributed by atoms with Crippen molar-refractivity contribution in [3.8, 4) is 5.75 Å². The molecule has 0 unspecified atom stereocenters. The summed E-state index contributed by atoms with van der Waals surface area (Å²) < 4.78 is 4.23. The maximum atomic E-state index is 9.72. The van der Waals surface area contributed by atoms with E-state index in [2.05, 4.69) is 50.5 Å². The highest BCUT2D eigenvalue weighted by Crippen LogP contribution is 2.43. The molecule has 0 saturated heterocycles. The van der Waals surface area contributed by atoms with E-state index >= 15 is 0 Å². The van der Waals surface area contributed by atoms with Crippen LogP contribution in [0.1, 0.15) is 6.42 Å². The molecule has 1 aromatic heterocycles. The summed E-state index contributed by atoms with van der Waals surface area (Å²) in [5.74, 6) is 0.214. The minimum absolute atomic E-state index is 0.214. The van der Waals surface area contributed by atoms with E-state index in [0.29, 0.717) is 5.69 Å². The maximum Gasteiger partial charge on any atom is 0.243 e. The number of nitrogens with zero attached hydrogens (tertiary/aromatic N) is 2. The Morgan fingerprint density at radius 1 is 0.939 bits per heavy atom. The highest BCUT2D eigenvalue weighted by molar-refractivity contribution is 5.95. The van der Waals surface area contributed by atoms with Crippen molar-refractivity contribution in [2.24, 2.45) is 7.05 Å². The van der Waals surface area contributed by atoms with E-state index in [1.807, 2.05) is 48.1 Å². The summed E-state index contributed by atoms with van der Waals surface area (Å²) in [5, 5.41) is 23.3. The number of phenolic OH excluding ortho intramolecular Hbond substituents is 1. The fourth-order valence-corrected chi connectivity index (χ4v) is 3.92. The number of benzene rings is 3. The summed E-state index contributed by atoms with van der Waals surface area (Å²) >= 11 is 0. The van der Waals surface area contributed by atoms with Gasteiger partial charge in [0.2, 0.25) is 6.33 Å². The second-order valence-electron chi connectivity index (χ2n) is 8.26. The Labute approximate surface area is 192 Å². The third-order valence-corrected chi connectivity index (χ3v) is 5.64. The van der Waals surface area contributed by atoms with Crippen LogP contribution < -0.4 is 31.6 Å². The molecule has 0 amide bonds. The average molecular weight is 443 g/mol. The first-order chi connectivity index (χ1) is 16.0. The second-order valence-corrected chi connectivity index (χ2v) is 8.26. The van der Waals surface area contributed by atoms with Gasteiger partial charge in [-0.3, -0.25) is 0 Å². The van der Waals surface area contributed by atoms with Crippen molar-refractivity contribution in [2.75, 3.05) is 33.5 Å². The van der Waals surface area contributed by atoms with Crippen molar-refractivity contribution in [2.45, 2.75) is 13.0 Å². The van der Waals surface area contributed by atoms with Crippen molar-refractivity contribution in [3.05, 3.63) is 73.3 Å². The number of nitrogens with two attached hydrogens (primary N) is 1. The summed E-state index contributed by atoms with van der Waals surface area (Å²) in [6.45, 7) is 1.89. The largest absolute Gasteiger partial charge is 0.508 e. The number of rotatable bonds is 7. The maximum absolute atomic E-state index is 9.72. The van der Waals surface area contributed by atoms with Crippen molar-refractivity contribution < 1.29 is 9.67 Å². The van der Waals surface area contributed by atoms with Gasteiger partial charge in [0.1, 0.15) is 18.1 Å². The second kappa shape index (κ2) is 8.66. The van der Waals surface area contributed by atoms with E-state index in [1.165, 1.54) is 0 Å². The molecule has 0 radical (unpaired) electrons. The third-order valence-electron chi connectivity index (χ3n) is 5.64. The number of imidazole rings is 1. The van der Waals surface area contributed by atoms with Crippen LogP contribution in [0.2, 0.25) is 0 Å². The number of aromatic hydroxyl groups is 1. The van der Waals surface area contributed by atoms with Gasteiger partial charge < -0.3 is 32.1 Å². The topological polar surface area (TPSA) is 103 Å². The van der Waals surface area contributed by atoms with Gasteiger partial charge in [0.05, 0.1) is 47.7 Å². The first kappa shape index (κ1) is 20.6. The van der Waals surface area contributed by atoms with Gasteiger partial charge in [-0.25, -0.2) is 9.13 Å². The molecule has 33 heavy (non-hydrogen) atoms. The molecular weight excluding hydrogens is 414 g/mol. The smallest absolute Gasteiger partial charge is 0.243 e. The first-order valence-electron chi connectivity index (χ1n) is 11.0. The molecule has 8 heteroatoms. The molecule has 0 spiro atoms. The number of nitrogen functional groups attached to an aromatic ring is 1. The Hall–Kier alpha value is -4.33. The Kier molecular flexibility index (Phi) is 5.40. The molecule has 1 aliphatic rings. The van der Waals surface area contributed by atoms with E-state index in [1.54, 1.807) is 12.1 Å². The Balaban J connectivity index is 1.20. The van der Waals surface area contributed by atoms with Crippen LogP contribution in [-0.4, -0.2) is 16.2 Å². The summed E-state index contributed by atoms with van der Waals surface area (Å²) in [6, 6.07) is 17.3. The molecule has 0 atom stereocenters. The summed E-state index contributed by atoms with van der Waals surface area (Å²) in [6.07, 6.45) is 7.26. The highest BCUT2D eigenvalue weighted by atomic mass is 16.3. The van der Waals surface area contributed by atoms with Crippen molar-refractivity contribution in [1.29, 1.82) is 0 Å². The van der Waals surface area contributed by atoms with Crippen molar-refractivity contribution in [3.63, 3.8) is 0 Å². The molecule has 0 bridgehead atoms. The molecule has 4 aromatic rings. The normalized spacial score (nSPS) is 11.7. The molecule has 1 aliphatic heterocycles. The van der Waals surface area contributed by atoms with Gasteiger partial charge in [-0.15, -0.1) is 0 Å². The van der Waals surface area contributed by atoms with E-state index in [9.17, 15) is 5.11 Å². The Morgan fingerprint density at radius 3 is 2.45 bits per heavy atom. The number of aromatic nitrogens is 2. The van der Waals surface area contributed by atoms with Gasteiger partial charge in [0.25, 0.3) is 0 Å². The van der Waals surface area contributed by atoms with Crippen LogP contribution in [0.3, 0.4) is 0 Å². The summed E-state index contributed by atoms with van der Waals surface area (Å²) in [5.41, 5.74) is 13.3. The standard InChI is InChI=1S/C25H27N7O/c1-31-11-12-32(16-31)10-2-9-27-17-3-5-18(6-4-17)28-22-15-25-24(14-20(22)26)30-23-13-19(33)7-8-21(23)29-25/h3-8,11-16,27-30H,2,9-10,26H2,1H3/p+1. The fraction of sp³-hybridized carbons (Fsp3) is 0.160. The number of aryl methyl sites for hydroxylation is 2. The minimum atomic E-state index is 0.214. The monoisotopic (exact) mass is 442 g/mol. The molecule has 0 fully saturated rings. The van der Waals surface area contributed by atoms with Gasteiger partial charge in [-0.1, -0.05) is 0 Å². The van der Waals surface area contributed by atoms with Crippen LogP contribution in [0.4, 0.5) is 45.5 Å². The Bertz CT molecular complexity index is 1280. The van der Waals surface area contributed by atoms with E-state index in [-0.39, 0.29) is 5.75 Å². The lowest BCUT2D eigenvalue weighted by atomic mass is 10.1. The summed E-state index contributed by atoms with van der Waals surface area (Å²) in [7, 11) is 2.03. The minimum Gasteiger partial charge on any atom is -0.508 e. The van der Waals surface area contributed by atoms with Crippen LogP contribution in [0.5, 0.6) is 5.75 Å². The van der Waals surface area contributed by atoms with Gasteiger partial charge in [-0.2, -0.15) is 0 Å². The molecule has 8 nitrogen and oxygen atoms in total. The lowest BCUT2D eigenvalue weighted by Gasteiger charge is -2.24. The zero-order valence-electron chi connectivity index (χ0n) is 18.5. The number of hydrogen-bond donors (Lipinski definition) is 6. The highest BCUT2D eigenvalue weighted by Gasteiger charge is 2.17. The predicted octanol–water partition coefficient (Wildman–Crippen LogP) is 4.65. The number of fused-ring (bicyclic) bond motifs is 2. The molecule has 168 valence electrons. The number of phenols is 1. The van der Waals surface area contributed by atoms with Crippen LogP contribution in [0.15, 0.2) is 73.3 Å². The fourth-order valence-electron chi connectivity index (χ4n) is 3.92. The number of hydrogen-bond acceptors (Lipinski definition) is 6. The molecule has 5 rings (SSSR count). The molecular formula is C25H28N7O+. The number of anilines is 8. The zero-order valence-corrected chi connectivity index (χ0v) is 18.5. The van der Waals surface area contributed by atoms with Gasteiger partial charge >= 0.3 is 0 Å². The van der Waals surface area contributed by atoms with Crippen LogP contribution in [0, 0.1) is 0 Å². The summed E-state index contributed by atoms with van der Waals surface area (Å²) in [4.78, 5) is 0. The van der Waals surface area contributed by atoms with Gasteiger partial charge in [0.15, 0.2) is 0 Å². The quantitative estimate of drug-likeness (QED) is 0.0949. The molecule has 0 aliphatic carbocycles. The number of nitrogens with one attached hydrogen (secondary N) is 4. The van der Waals surface area contributed by atoms with Crippen LogP contribution >= 0.6 is 0 Å². The van der Waals surface area contributed by atoms with Crippen molar-refractivity contribution >= 4 is 45.5 Å². The van der Waals surface area contributed by atoms with Crippen LogP contribution in [0.25, 0.3) is 0 Å². The zero-order chi connectivity index (χ0) is 22.8. The lowest BCUT2D eigenvalue weighted by molar-refractivity contribution is -0.671. The Morgan fingerprint density at radius 2 is 1.67 bits per heavy atom. The van der Waals surface area contributed by atoms with Gasteiger partial charge in [-0.05, 0) is 48.5 Å². The predicted molar refractivity (Wildman–Crippen MR) is 134 cm³/mol. The molecule has 3 aromatic carbocycles. The van der Waals surface area contributed by atoms with E-state index in [4.69, 9.17) is 5.73 Å². The van der Waals surface area contributed by atoms with Crippen molar-refractivity contribution in [1.82, 2.24) is 4.57 Å². The van der Waals surface area contributed by atoms with E-state index < -0.39 is 0 Å². The van der Waals surface area contributed by atoms with Gasteiger partial charge in [0, 0.05) is 30.4 Å². The molecule has 0 saturated carbocycles. The average Bonchev–Trinajstić information content (AvgIpc) is 3.22. The SMILES string of the molecule is C[n+]1ccn(CCCNc2ccc(Nc3cc4c(cc3N)Nc3cc(O)ccc3N4)cc2)c1. The third kappa shape index (κ3) is 4.64. The lowest BCUT2D eigenvalue weighted by Crippen LogP contribution is -2.23. The molecule has 2 heterocycles. The molecule has 7 N–H and O–H groups in total. The van der Waals surface area contributed by atoms with E-state index in [0.717, 1.165) is 59.3 Å². The first-order valence-corrected chi connectivity index (χ1v) is 11.0.